The summed E-state index contributed by atoms with van der Waals surface area (Å²) in [5.41, 5.74) is 6.05. The van der Waals surface area contributed by atoms with Crippen LogP contribution in [-0.2, 0) is 16.9 Å². The molecule has 35 heavy (non-hydrogen) atoms. The molecule has 2 aromatic heterocycles. The number of aromatic nitrogens is 3. The minimum atomic E-state index is -2.52. The van der Waals surface area contributed by atoms with Crippen LogP contribution < -0.4 is 16.1 Å². The highest BCUT2D eigenvalue weighted by atomic mass is 32.2. The van der Waals surface area contributed by atoms with Crippen molar-refractivity contribution in [2.24, 2.45) is 0 Å². The van der Waals surface area contributed by atoms with E-state index in [2.05, 4.69) is 55.7 Å². The Bertz CT molecular complexity index is 1370. The van der Waals surface area contributed by atoms with Gasteiger partial charge in [-0.05, 0) is 79.4 Å². The fraction of sp³-hybridized carbons (Fsp3) is 0.360. The quantitative estimate of drug-likeness (QED) is 0.479. The van der Waals surface area contributed by atoms with Gasteiger partial charge < -0.3 is 20.1 Å². The number of anilines is 4. The van der Waals surface area contributed by atoms with Gasteiger partial charge in [-0.25, -0.2) is 9.97 Å². The Morgan fingerprint density at radius 1 is 1.20 bits per heavy atom. The Morgan fingerprint density at radius 3 is 2.83 bits per heavy atom. The van der Waals surface area contributed by atoms with Gasteiger partial charge in [0, 0.05) is 24.5 Å². The summed E-state index contributed by atoms with van der Waals surface area (Å²) in [6.07, 6.45) is 2.72. The molecule has 4 heterocycles. The van der Waals surface area contributed by atoms with Crippen LogP contribution in [0.4, 0.5) is 23.3 Å². The molecule has 1 unspecified atom stereocenters. The lowest BCUT2D eigenvalue weighted by Crippen LogP contribution is -2.31. The zero-order chi connectivity index (χ0) is 24.6. The summed E-state index contributed by atoms with van der Waals surface area (Å²) in [6, 6.07) is 11.9. The molecular formula is C25H28N7OPS. The van der Waals surface area contributed by atoms with Gasteiger partial charge >= 0.3 is 0 Å². The van der Waals surface area contributed by atoms with Gasteiger partial charge in [0.15, 0.2) is 5.82 Å². The molecule has 0 spiro atoms. The Morgan fingerprint density at radius 2 is 2.03 bits per heavy atom. The van der Waals surface area contributed by atoms with Crippen LogP contribution in [0.25, 0.3) is 0 Å². The fourth-order valence-corrected chi connectivity index (χ4v) is 6.60. The molecule has 0 fully saturated rings. The number of rotatable bonds is 5. The maximum absolute atomic E-state index is 12.4. The second-order valence-corrected chi connectivity index (χ2v) is 13.8. The van der Waals surface area contributed by atoms with Gasteiger partial charge in [-0.1, -0.05) is 6.07 Å². The molecule has 2 aliphatic heterocycles. The monoisotopic (exact) mass is 505 g/mol. The van der Waals surface area contributed by atoms with Crippen molar-refractivity contribution in [1.29, 1.82) is 5.26 Å². The van der Waals surface area contributed by atoms with Crippen molar-refractivity contribution in [3.8, 4) is 6.07 Å². The normalized spacial score (nSPS) is 17.7. The van der Waals surface area contributed by atoms with E-state index in [1.807, 2.05) is 11.8 Å². The molecule has 5 rings (SSSR count). The SMILES string of the molecule is CN1Cc2cc(Nc3ncc(C#N)c(Nc4cccc(P(C)(C)=O)n4)n3)cc3c2C(CCSC3)C1. The van der Waals surface area contributed by atoms with Crippen molar-refractivity contribution in [2.45, 2.75) is 24.6 Å². The molecule has 3 aromatic rings. The zero-order valence-electron chi connectivity index (χ0n) is 20.1. The van der Waals surface area contributed by atoms with Gasteiger partial charge in [-0.3, -0.25) is 0 Å². The number of thioether (sulfide) groups is 1. The minimum absolute atomic E-state index is 0.303. The summed E-state index contributed by atoms with van der Waals surface area (Å²) in [5.74, 6) is 4.02. The lowest BCUT2D eigenvalue weighted by Gasteiger charge is -2.33. The molecule has 2 N–H and O–H groups in total. The number of hydrogen-bond acceptors (Lipinski definition) is 9. The Balaban J connectivity index is 1.45. The molecule has 0 radical (unpaired) electrons. The molecule has 1 atom stereocenters. The Labute approximate surface area is 210 Å². The van der Waals surface area contributed by atoms with E-state index in [-0.39, 0.29) is 0 Å². The van der Waals surface area contributed by atoms with Gasteiger partial charge in [-0.15, -0.1) is 0 Å². The number of hydrogen-bond donors (Lipinski definition) is 2. The number of nitriles is 1. The highest BCUT2D eigenvalue weighted by molar-refractivity contribution is 7.98. The Kier molecular flexibility index (Phi) is 6.54. The molecule has 2 aliphatic rings. The second-order valence-electron chi connectivity index (χ2n) is 9.49. The van der Waals surface area contributed by atoms with Crippen LogP contribution in [0.15, 0.2) is 36.5 Å². The van der Waals surface area contributed by atoms with Crippen LogP contribution in [0.5, 0.6) is 0 Å². The standard InChI is InChI=1S/C25H28N7OPS/c1-32-13-16-7-8-35-15-18-10-20(9-17(14-32)23(16)18)28-25-27-12-19(11-26)24(31-25)30-21-5-4-6-22(29-21)34(2,3)33/h4-6,9-10,12,16H,7-8,13-15H2,1-3H3,(H2,27,28,29,30,31). The third kappa shape index (κ3) is 5.20. The third-order valence-corrected chi connectivity index (χ3v) is 8.69. The first-order chi connectivity index (χ1) is 16.8. The number of likely N-dealkylation sites (N-methyl/N-ethyl adjacent to an activating group) is 1. The number of nitrogens with one attached hydrogen (secondary N) is 2. The second kappa shape index (κ2) is 9.62. The van der Waals surface area contributed by atoms with Crippen molar-refractivity contribution < 1.29 is 4.57 Å². The van der Waals surface area contributed by atoms with Gasteiger partial charge in [0.25, 0.3) is 0 Å². The summed E-state index contributed by atoms with van der Waals surface area (Å²) in [5, 5.41) is 16.0. The molecule has 180 valence electrons. The molecule has 1 aromatic carbocycles. The Hall–Kier alpha value is -2.92. The van der Waals surface area contributed by atoms with Gasteiger partial charge in [-0.2, -0.15) is 22.0 Å². The van der Waals surface area contributed by atoms with E-state index in [1.165, 1.54) is 35.1 Å². The van der Waals surface area contributed by atoms with Crippen LogP contribution in [0.2, 0.25) is 0 Å². The number of benzene rings is 1. The van der Waals surface area contributed by atoms with E-state index < -0.39 is 7.14 Å². The average molecular weight is 506 g/mol. The van der Waals surface area contributed by atoms with E-state index in [4.69, 9.17) is 0 Å². The molecule has 0 amide bonds. The summed E-state index contributed by atoms with van der Waals surface area (Å²) in [7, 11) is -0.333. The van der Waals surface area contributed by atoms with Gasteiger partial charge in [0.1, 0.15) is 30.0 Å². The highest BCUT2D eigenvalue weighted by Gasteiger charge is 2.28. The highest BCUT2D eigenvalue weighted by Crippen LogP contribution is 2.40. The maximum atomic E-state index is 12.4. The summed E-state index contributed by atoms with van der Waals surface area (Å²) < 4.78 is 12.4. The summed E-state index contributed by atoms with van der Waals surface area (Å²) in [4.78, 5) is 15.8. The molecule has 10 heteroatoms. The summed E-state index contributed by atoms with van der Waals surface area (Å²) in [6.45, 7) is 5.40. The molecule has 0 saturated heterocycles. The lowest BCUT2D eigenvalue weighted by atomic mass is 9.84. The van der Waals surface area contributed by atoms with Crippen molar-refractivity contribution in [3.63, 3.8) is 0 Å². The van der Waals surface area contributed by atoms with Crippen molar-refractivity contribution in [2.75, 3.05) is 43.3 Å². The van der Waals surface area contributed by atoms with Crippen LogP contribution in [0.3, 0.4) is 0 Å². The van der Waals surface area contributed by atoms with E-state index in [0.717, 1.165) is 24.5 Å². The molecular weight excluding hydrogens is 477 g/mol. The van der Waals surface area contributed by atoms with E-state index in [0.29, 0.717) is 34.5 Å². The predicted molar refractivity (Wildman–Crippen MR) is 143 cm³/mol. The lowest BCUT2D eigenvalue weighted by molar-refractivity contribution is 0.278. The maximum Gasteiger partial charge on any atom is 0.229 e. The molecule has 8 nitrogen and oxygen atoms in total. The number of nitrogens with zero attached hydrogens (tertiary/aromatic N) is 5. The summed E-state index contributed by atoms with van der Waals surface area (Å²) >= 11 is 1.99. The third-order valence-electron chi connectivity index (χ3n) is 6.30. The molecule has 0 bridgehead atoms. The van der Waals surface area contributed by atoms with E-state index >= 15 is 0 Å². The topological polar surface area (TPSA) is 107 Å². The smallest absolute Gasteiger partial charge is 0.229 e. The first kappa shape index (κ1) is 23.8. The van der Waals surface area contributed by atoms with Crippen molar-refractivity contribution >= 4 is 47.6 Å². The van der Waals surface area contributed by atoms with E-state index in [1.54, 1.807) is 31.5 Å². The molecule has 0 aliphatic carbocycles. The van der Waals surface area contributed by atoms with Crippen LogP contribution in [-0.4, -0.2) is 52.5 Å². The average Bonchev–Trinajstić information content (AvgIpc) is 3.01. The van der Waals surface area contributed by atoms with Crippen LogP contribution in [0, 0.1) is 11.3 Å². The molecule has 0 saturated carbocycles. The predicted octanol–water partition coefficient (Wildman–Crippen LogP) is 4.64. The first-order valence-corrected chi connectivity index (χ1v) is 15.3. The first-order valence-electron chi connectivity index (χ1n) is 11.6. The number of pyridine rings is 1. The van der Waals surface area contributed by atoms with Crippen molar-refractivity contribution in [1.82, 2.24) is 19.9 Å². The van der Waals surface area contributed by atoms with E-state index in [9.17, 15) is 9.83 Å². The fourth-order valence-electron chi connectivity index (χ4n) is 4.75. The van der Waals surface area contributed by atoms with Crippen LogP contribution >= 0.6 is 18.9 Å². The van der Waals surface area contributed by atoms with Crippen molar-refractivity contribution in [3.05, 3.63) is 58.8 Å². The minimum Gasteiger partial charge on any atom is -0.324 e. The zero-order valence-corrected chi connectivity index (χ0v) is 21.8. The van der Waals surface area contributed by atoms with Gasteiger partial charge in [0.05, 0.1) is 6.20 Å². The van der Waals surface area contributed by atoms with Crippen LogP contribution in [0.1, 0.15) is 34.6 Å². The largest absolute Gasteiger partial charge is 0.324 e. The van der Waals surface area contributed by atoms with Gasteiger partial charge in [0.2, 0.25) is 5.95 Å².